The molecule has 0 saturated heterocycles. The molecule has 0 bridgehead atoms. The standard InChI is InChI=1S/C13H16F3NO3/c1-8(2)10-6-9(12(18)19)7-11(17-10)20-5-3-4-13(14,15)16/h6-8H,3-5H2,1-2H3,(H,18,19). The van der Waals surface area contributed by atoms with Gasteiger partial charge in [-0.15, -0.1) is 0 Å². The van der Waals surface area contributed by atoms with Gasteiger partial charge in [0, 0.05) is 18.2 Å². The average molecular weight is 291 g/mol. The van der Waals surface area contributed by atoms with E-state index >= 15 is 0 Å². The number of carboxylic acid groups (broad SMARTS) is 1. The lowest BCUT2D eigenvalue weighted by Gasteiger charge is -2.11. The number of hydrogen-bond acceptors (Lipinski definition) is 3. The monoisotopic (exact) mass is 291 g/mol. The summed E-state index contributed by atoms with van der Waals surface area (Å²) in [6.07, 6.45) is -5.36. The van der Waals surface area contributed by atoms with Gasteiger partial charge < -0.3 is 9.84 Å². The van der Waals surface area contributed by atoms with E-state index in [1.54, 1.807) is 0 Å². The van der Waals surface area contributed by atoms with Crippen LogP contribution in [0, 0.1) is 0 Å². The second-order valence-electron chi connectivity index (χ2n) is 4.65. The van der Waals surface area contributed by atoms with Gasteiger partial charge in [0.2, 0.25) is 5.88 Å². The second kappa shape index (κ2) is 6.58. The first-order chi connectivity index (χ1) is 9.19. The third-order valence-electron chi connectivity index (χ3n) is 2.51. The zero-order valence-corrected chi connectivity index (χ0v) is 11.2. The molecule has 0 saturated carbocycles. The van der Waals surface area contributed by atoms with Gasteiger partial charge in [0.1, 0.15) is 0 Å². The van der Waals surface area contributed by atoms with Gasteiger partial charge in [0.15, 0.2) is 0 Å². The molecule has 0 aliphatic carbocycles. The molecule has 0 radical (unpaired) electrons. The maximum atomic E-state index is 12.0. The summed E-state index contributed by atoms with van der Waals surface area (Å²) in [5, 5.41) is 8.96. The van der Waals surface area contributed by atoms with Gasteiger partial charge >= 0.3 is 12.1 Å². The zero-order chi connectivity index (χ0) is 15.3. The maximum absolute atomic E-state index is 12.0. The van der Waals surface area contributed by atoms with Crippen LogP contribution in [0.3, 0.4) is 0 Å². The number of rotatable bonds is 6. The molecule has 1 aromatic rings. The number of aromatic nitrogens is 1. The van der Waals surface area contributed by atoms with Crippen LogP contribution in [0.1, 0.15) is 48.7 Å². The Labute approximate surface area is 114 Å². The number of hydrogen-bond donors (Lipinski definition) is 1. The number of pyridine rings is 1. The van der Waals surface area contributed by atoms with Crippen LogP contribution in [0.25, 0.3) is 0 Å². The van der Waals surface area contributed by atoms with Crippen molar-refractivity contribution in [3.63, 3.8) is 0 Å². The molecule has 1 rings (SSSR count). The lowest BCUT2D eigenvalue weighted by molar-refractivity contribution is -0.136. The van der Waals surface area contributed by atoms with E-state index in [4.69, 9.17) is 9.84 Å². The molecule has 0 atom stereocenters. The topological polar surface area (TPSA) is 59.4 Å². The maximum Gasteiger partial charge on any atom is 0.389 e. The van der Waals surface area contributed by atoms with Crippen molar-refractivity contribution in [1.82, 2.24) is 4.98 Å². The van der Waals surface area contributed by atoms with Gasteiger partial charge in [0.05, 0.1) is 12.2 Å². The van der Waals surface area contributed by atoms with Crippen LogP contribution in [-0.2, 0) is 0 Å². The first kappa shape index (κ1) is 16.3. The number of alkyl halides is 3. The molecule has 1 N–H and O–H groups in total. The van der Waals surface area contributed by atoms with Crippen molar-refractivity contribution in [3.8, 4) is 5.88 Å². The molecule has 0 unspecified atom stereocenters. The van der Waals surface area contributed by atoms with Crippen molar-refractivity contribution in [1.29, 1.82) is 0 Å². The van der Waals surface area contributed by atoms with Crippen LogP contribution in [0.15, 0.2) is 12.1 Å². The summed E-state index contributed by atoms with van der Waals surface area (Å²) in [6, 6.07) is 2.64. The Morgan fingerprint density at radius 3 is 2.55 bits per heavy atom. The predicted molar refractivity (Wildman–Crippen MR) is 66.1 cm³/mol. The molecule has 4 nitrogen and oxygen atoms in total. The first-order valence-electron chi connectivity index (χ1n) is 6.14. The fourth-order valence-corrected chi connectivity index (χ4v) is 1.47. The third-order valence-corrected chi connectivity index (χ3v) is 2.51. The Hall–Kier alpha value is -1.79. The highest BCUT2D eigenvalue weighted by Crippen LogP contribution is 2.22. The van der Waals surface area contributed by atoms with Crippen molar-refractivity contribution < 1.29 is 27.8 Å². The largest absolute Gasteiger partial charge is 0.478 e. The Morgan fingerprint density at radius 2 is 2.05 bits per heavy atom. The number of carboxylic acids is 1. The number of aromatic carboxylic acids is 1. The quantitative estimate of drug-likeness (QED) is 0.813. The SMILES string of the molecule is CC(C)c1cc(C(=O)O)cc(OCCCC(F)(F)F)n1. The van der Waals surface area contributed by atoms with E-state index in [0.717, 1.165) is 0 Å². The van der Waals surface area contributed by atoms with Gasteiger partial charge in [-0.1, -0.05) is 13.8 Å². The first-order valence-corrected chi connectivity index (χ1v) is 6.14. The van der Waals surface area contributed by atoms with E-state index in [-0.39, 0.29) is 30.4 Å². The van der Waals surface area contributed by atoms with E-state index in [2.05, 4.69) is 4.98 Å². The van der Waals surface area contributed by atoms with Crippen LogP contribution in [0.4, 0.5) is 13.2 Å². The van der Waals surface area contributed by atoms with Crippen LogP contribution in [-0.4, -0.2) is 28.8 Å². The van der Waals surface area contributed by atoms with Crippen molar-refractivity contribution in [2.24, 2.45) is 0 Å². The molecule has 0 aliphatic rings. The minimum Gasteiger partial charge on any atom is -0.478 e. The Balaban J connectivity index is 2.71. The van der Waals surface area contributed by atoms with E-state index in [1.165, 1.54) is 12.1 Å². The van der Waals surface area contributed by atoms with Crippen LogP contribution in [0.2, 0.25) is 0 Å². The number of ether oxygens (including phenoxy) is 1. The highest BCUT2D eigenvalue weighted by molar-refractivity contribution is 5.88. The fourth-order valence-electron chi connectivity index (χ4n) is 1.47. The van der Waals surface area contributed by atoms with Crippen molar-refractivity contribution in [3.05, 3.63) is 23.4 Å². The molecule has 0 aromatic carbocycles. The minimum absolute atomic E-state index is 0.00757. The molecule has 0 aliphatic heterocycles. The van der Waals surface area contributed by atoms with Crippen molar-refractivity contribution >= 4 is 5.97 Å². The van der Waals surface area contributed by atoms with Crippen LogP contribution >= 0.6 is 0 Å². The van der Waals surface area contributed by atoms with Gasteiger partial charge in [-0.3, -0.25) is 0 Å². The zero-order valence-electron chi connectivity index (χ0n) is 11.2. The van der Waals surface area contributed by atoms with E-state index in [9.17, 15) is 18.0 Å². The lowest BCUT2D eigenvalue weighted by atomic mass is 10.1. The molecule has 1 aromatic heterocycles. The summed E-state index contributed by atoms with van der Waals surface area (Å²) in [6.45, 7) is 3.51. The van der Waals surface area contributed by atoms with Crippen molar-refractivity contribution in [2.45, 2.75) is 38.8 Å². The number of carbonyl (C=O) groups is 1. The van der Waals surface area contributed by atoms with Gasteiger partial charge in [-0.05, 0) is 18.4 Å². The van der Waals surface area contributed by atoms with E-state index in [0.29, 0.717) is 5.69 Å². The van der Waals surface area contributed by atoms with E-state index < -0.39 is 18.6 Å². The lowest BCUT2D eigenvalue weighted by Crippen LogP contribution is -2.11. The summed E-state index contributed by atoms with van der Waals surface area (Å²) in [5.41, 5.74) is 0.533. The second-order valence-corrected chi connectivity index (χ2v) is 4.65. The summed E-state index contributed by atoms with van der Waals surface area (Å²) in [5.74, 6) is -1.10. The molecule has 112 valence electrons. The number of nitrogens with zero attached hydrogens (tertiary/aromatic N) is 1. The third kappa shape index (κ3) is 5.46. The predicted octanol–water partition coefficient (Wildman–Crippen LogP) is 3.62. The van der Waals surface area contributed by atoms with Gasteiger partial charge in [-0.2, -0.15) is 13.2 Å². The van der Waals surface area contributed by atoms with Gasteiger partial charge in [0.25, 0.3) is 0 Å². The minimum atomic E-state index is -4.22. The molecular formula is C13H16F3NO3. The van der Waals surface area contributed by atoms with Crippen LogP contribution in [0.5, 0.6) is 5.88 Å². The summed E-state index contributed by atoms with van der Waals surface area (Å²) >= 11 is 0. The highest BCUT2D eigenvalue weighted by Gasteiger charge is 2.26. The summed E-state index contributed by atoms with van der Waals surface area (Å²) in [4.78, 5) is 15.0. The molecule has 0 amide bonds. The smallest absolute Gasteiger partial charge is 0.389 e. The number of halogens is 3. The molecular weight excluding hydrogens is 275 g/mol. The Bertz CT molecular complexity index is 472. The molecule has 0 fully saturated rings. The highest BCUT2D eigenvalue weighted by atomic mass is 19.4. The summed E-state index contributed by atoms with van der Waals surface area (Å²) in [7, 11) is 0. The fraction of sp³-hybridized carbons (Fsp3) is 0.538. The molecule has 1 heterocycles. The Morgan fingerprint density at radius 1 is 1.40 bits per heavy atom. The normalized spacial score (nSPS) is 11.7. The van der Waals surface area contributed by atoms with Gasteiger partial charge in [-0.25, -0.2) is 9.78 Å². The average Bonchev–Trinajstić information content (AvgIpc) is 2.33. The Kier molecular flexibility index (Phi) is 5.35. The van der Waals surface area contributed by atoms with Crippen molar-refractivity contribution in [2.75, 3.05) is 6.61 Å². The van der Waals surface area contributed by atoms with Crippen LogP contribution < -0.4 is 4.74 Å². The molecule has 7 heteroatoms. The molecule has 20 heavy (non-hydrogen) atoms. The summed E-state index contributed by atoms with van der Waals surface area (Å²) < 4.78 is 41.0. The molecule has 0 spiro atoms. The van der Waals surface area contributed by atoms with E-state index in [1.807, 2.05) is 13.8 Å².